The van der Waals surface area contributed by atoms with Crippen LogP contribution < -0.4 is 4.72 Å². The minimum absolute atomic E-state index is 0.0155. The topological polar surface area (TPSA) is 83.5 Å². The largest absolute Gasteiger partial charge is 0.478 e. The highest BCUT2D eigenvalue weighted by Gasteiger charge is 2.23. The Labute approximate surface area is 125 Å². The molecule has 0 aliphatic heterocycles. The number of carbonyl (C=O) groups is 1. The molecule has 0 amide bonds. The highest BCUT2D eigenvalue weighted by Crippen LogP contribution is 2.33. The predicted molar refractivity (Wildman–Crippen MR) is 78.0 cm³/mol. The van der Waals surface area contributed by atoms with E-state index >= 15 is 0 Å². The number of carboxylic acid groups (broad SMARTS) is 1. The maximum absolute atomic E-state index is 13.1. The van der Waals surface area contributed by atoms with Crippen LogP contribution in [0.2, 0.25) is 0 Å². The van der Waals surface area contributed by atoms with Crippen molar-refractivity contribution >= 4 is 32.3 Å². The number of sulfonamides is 1. The summed E-state index contributed by atoms with van der Waals surface area (Å²) in [4.78, 5) is 11.7. The maximum Gasteiger partial charge on any atom is 0.339 e. The molecule has 0 fully saturated rings. The molecule has 112 valence electrons. The molecular formula is C13H12FNO4S2. The van der Waals surface area contributed by atoms with Crippen molar-refractivity contribution in [3.05, 3.63) is 46.1 Å². The predicted octanol–water partition coefficient (Wildman–Crippen LogP) is 3.00. The summed E-state index contributed by atoms with van der Waals surface area (Å²) < 4.78 is 39.7. The fourth-order valence-corrected chi connectivity index (χ4v) is 4.16. The lowest BCUT2D eigenvalue weighted by molar-refractivity contribution is 0.0697. The molecule has 8 heteroatoms. The van der Waals surface area contributed by atoms with Crippen LogP contribution in [-0.2, 0) is 10.0 Å². The molecule has 1 aromatic heterocycles. The monoisotopic (exact) mass is 329 g/mol. The Morgan fingerprint density at radius 1 is 1.33 bits per heavy atom. The zero-order valence-corrected chi connectivity index (χ0v) is 12.8. The van der Waals surface area contributed by atoms with E-state index in [0.717, 1.165) is 23.5 Å². The summed E-state index contributed by atoms with van der Waals surface area (Å²) in [7, 11) is -4.04. The van der Waals surface area contributed by atoms with Crippen LogP contribution in [0.1, 0.15) is 20.8 Å². The van der Waals surface area contributed by atoms with Crippen LogP contribution in [0.5, 0.6) is 0 Å². The van der Waals surface area contributed by atoms with Crippen molar-refractivity contribution in [3.63, 3.8) is 0 Å². The summed E-state index contributed by atoms with van der Waals surface area (Å²) in [6.07, 6.45) is 0. The van der Waals surface area contributed by atoms with Crippen molar-refractivity contribution in [2.24, 2.45) is 0 Å². The van der Waals surface area contributed by atoms with Gasteiger partial charge in [-0.25, -0.2) is 17.6 Å². The molecule has 2 rings (SSSR count). The number of anilines is 1. The second-order valence-electron chi connectivity index (χ2n) is 4.36. The van der Waals surface area contributed by atoms with E-state index in [4.69, 9.17) is 0 Å². The smallest absolute Gasteiger partial charge is 0.339 e. The summed E-state index contributed by atoms with van der Waals surface area (Å²) in [5, 5.41) is 9.20. The standard InChI is InChI=1S/C13H12FNO4S2/c1-7-8(2)20-12(11(7)13(16)17)15-21(18,19)10-5-3-4-9(14)6-10/h3-6,15H,1-2H3,(H,16,17). The molecule has 1 heterocycles. The van der Waals surface area contributed by atoms with Gasteiger partial charge in [0.1, 0.15) is 10.8 Å². The number of rotatable bonds is 4. The summed E-state index contributed by atoms with van der Waals surface area (Å²) in [6, 6.07) is 4.50. The van der Waals surface area contributed by atoms with E-state index < -0.39 is 21.8 Å². The number of aromatic carboxylic acids is 1. The molecule has 21 heavy (non-hydrogen) atoms. The highest BCUT2D eigenvalue weighted by atomic mass is 32.2. The number of aryl methyl sites for hydroxylation is 1. The third-order valence-corrected chi connectivity index (χ3v) is 5.53. The molecule has 5 nitrogen and oxygen atoms in total. The fourth-order valence-electron chi connectivity index (χ4n) is 1.77. The molecule has 0 radical (unpaired) electrons. The van der Waals surface area contributed by atoms with Gasteiger partial charge < -0.3 is 5.11 Å². The third kappa shape index (κ3) is 3.06. The van der Waals surface area contributed by atoms with Crippen LogP contribution in [0.3, 0.4) is 0 Å². The first-order valence-corrected chi connectivity index (χ1v) is 8.14. The average molecular weight is 329 g/mol. The van der Waals surface area contributed by atoms with Gasteiger partial charge in [-0.2, -0.15) is 0 Å². The van der Waals surface area contributed by atoms with Gasteiger partial charge in [-0.1, -0.05) is 6.07 Å². The van der Waals surface area contributed by atoms with Gasteiger partial charge in [0.05, 0.1) is 10.5 Å². The Bertz CT molecular complexity index is 812. The van der Waals surface area contributed by atoms with E-state index in [9.17, 15) is 22.7 Å². The number of hydrogen-bond acceptors (Lipinski definition) is 4. The van der Waals surface area contributed by atoms with Crippen LogP contribution >= 0.6 is 11.3 Å². The van der Waals surface area contributed by atoms with Gasteiger partial charge in [-0.05, 0) is 37.6 Å². The van der Waals surface area contributed by atoms with Crippen molar-refractivity contribution in [3.8, 4) is 0 Å². The minimum Gasteiger partial charge on any atom is -0.478 e. The minimum atomic E-state index is -4.04. The molecule has 2 N–H and O–H groups in total. The lowest BCUT2D eigenvalue weighted by Crippen LogP contribution is -2.14. The number of nitrogens with one attached hydrogen (secondary N) is 1. The van der Waals surface area contributed by atoms with Crippen molar-refractivity contribution in [1.82, 2.24) is 0 Å². The summed E-state index contributed by atoms with van der Waals surface area (Å²) in [5.74, 6) is -1.90. The van der Waals surface area contributed by atoms with Gasteiger partial charge in [-0.3, -0.25) is 4.72 Å². The fraction of sp³-hybridized carbons (Fsp3) is 0.154. The average Bonchev–Trinajstić information content (AvgIpc) is 2.64. The van der Waals surface area contributed by atoms with Gasteiger partial charge in [0.2, 0.25) is 0 Å². The quantitative estimate of drug-likeness (QED) is 0.903. The van der Waals surface area contributed by atoms with Gasteiger partial charge in [0, 0.05) is 4.88 Å². The Morgan fingerprint density at radius 3 is 2.57 bits per heavy atom. The van der Waals surface area contributed by atoms with Gasteiger partial charge in [-0.15, -0.1) is 11.3 Å². The SMILES string of the molecule is Cc1sc(NS(=O)(=O)c2cccc(F)c2)c(C(=O)O)c1C. The lowest BCUT2D eigenvalue weighted by Gasteiger charge is -2.07. The van der Waals surface area contributed by atoms with E-state index in [1.807, 2.05) is 0 Å². The van der Waals surface area contributed by atoms with Crippen LogP contribution in [0.4, 0.5) is 9.39 Å². The van der Waals surface area contributed by atoms with E-state index in [2.05, 4.69) is 4.72 Å². The van der Waals surface area contributed by atoms with E-state index in [0.29, 0.717) is 10.4 Å². The first-order chi connectivity index (χ1) is 9.72. The molecular weight excluding hydrogens is 317 g/mol. The highest BCUT2D eigenvalue weighted by molar-refractivity contribution is 7.93. The van der Waals surface area contributed by atoms with Crippen molar-refractivity contribution in [2.45, 2.75) is 18.7 Å². The van der Waals surface area contributed by atoms with Crippen LogP contribution in [0.15, 0.2) is 29.2 Å². The number of hydrogen-bond donors (Lipinski definition) is 2. The Morgan fingerprint density at radius 2 is 2.00 bits per heavy atom. The number of carboxylic acids is 1. The molecule has 0 saturated heterocycles. The molecule has 0 aliphatic rings. The lowest BCUT2D eigenvalue weighted by atomic mass is 10.2. The van der Waals surface area contributed by atoms with Crippen molar-refractivity contribution in [2.75, 3.05) is 4.72 Å². The molecule has 1 aromatic carbocycles. The molecule has 2 aromatic rings. The number of benzene rings is 1. The zero-order chi connectivity index (χ0) is 15.8. The van der Waals surface area contributed by atoms with E-state index in [1.165, 1.54) is 12.1 Å². The second-order valence-corrected chi connectivity index (χ2v) is 7.26. The summed E-state index contributed by atoms with van der Waals surface area (Å²) in [5.41, 5.74) is 0.418. The van der Waals surface area contributed by atoms with Crippen LogP contribution in [0.25, 0.3) is 0 Å². The summed E-state index contributed by atoms with van der Waals surface area (Å²) >= 11 is 1.03. The van der Waals surface area contributed by atoms with Gasteiger partial charge >= 0.3 is 5.97 Å². The van der Waals surface area contributed by atoms with Crippen LogP contribution in [-0.4, -0.2) is 19.5 Å². The van der Waals surface area contributed by atoms with Crippen LogP contribution in [0, 0.1) is 19.7 Å². The Hall–Kier alpha value is -1.93. The van der Waals surface area contributed by atoms with Gasteiger partial charge in [0.15, 0.2) is 0 Å². The molecule has 0 aliphatic carbocycles. The third-order valence-electron chi connectivity index (χ3n) is 2.93. The first kappa shape index (κ1) is 15.5. The van der Waals surface area contributed by atoms with E-state index in [-0.39, 0.29) is 15.5 Å². The number of thiophene rings is 1. The first-order valence-electron chi connectivity index (χ1n) is 5.84. The second kappa shape index (κ2) is 5.45. The molecule has 0 saturated carbocycles. The van der Waals surface area contributed by atoms with Gasteiger partial charge in [0.25, 0.3) is 10.0 Å². The summed E-state index contributed by atoms with van der Waals surface area (Å²) in [6.45, 7) is 3.31. The van der Waals surface area contributed by atoms with E-state index in [1.54, 1.807) is 13.8 Å². The Kier molecular flexibility index (Phi) is 4.02. The Balaban J connectivity index is 2.47. The van der Waals surface area contributed by atoms with Crippen molar-refractivity contribution < 1.29 is 22.7 Å². The molecule has 0 unspecified atom stereocenters. The zero-order valence-electron chi connectivity index (χ0n) is 11.2. The molecule has 0 atom stereocenters. The van der Waals surface area contributed by atoms with Crippen molar-refractivity contribution in [1.29, 1.82) is 0 Å². The normalized spacial score (nSPS) is 11.4. The molecule has 0 spiro atoms. The molecule has 0 bridgehead atoms. The number of halogens is 1. The maximum atomic E-state index is 13.1.